The number of hydrogen-bond donors (Lipinski definition) is 2. The molecule has 0 aromatic carbocycles. The third-order valence-corrected chi connectivity index (χ3v) is 4.98. The van der Waals surface area contributed by atoms with Crippen LogP contribution in [0.5, 0.6) is 5.88 Å². The first-order chi connectivity index (χ1) is 13.8. The van der Waals surface area contributed by atoms with Crippen LogP contribution in [-0.4, -0.2) is 45.4 Å². The highest BCUT2D eigenvalue weighted by atomic mass is 127. The highest BCUT2D eigenvalue weighted by Crippen LogP contribution is 2.22. The Bertz CT molecular complexity index is 742. The molecule has 1 aliphatic rings. The summed E-state index contributed by atoms with van der Waals surface area (Å²) < 4.78 is 8.04. The van der Waals surface area contributed by atoms with Crippen LogP contribution in [0, 0.1) is 0 Å². The van der Waals surface area contributed by atoms with Crippen molar-refractivity contribution in [2.75, 3.05) is 13.6 Å². The minimum atomic E-state index is 0. The van der Waals surface area contributed by atoms with Gasteiger partial charge in [-0.15, -0.1) is 34.2 Å². The number of guanidine groups is 1. The molecular weight excluding hydrogens is 481 g/mol. The summed E-state index contributed by atoms with van der Waals surface area (Å²) in [6.45, 7) is 4.28. The average Bonchev–Trinajstić information content (AvgIpc) is 3.20. The van der Waals surface area contributed by atoms with Crippen molar-refractivity contribution in [2.24, 2.45) is 4.99 Å². The first kappa shape index (κ1) is 23.4. The van der Waals surface area contributed by atoms with Crippen molar-refractivity contribution in [3.05, 3.63) is 36.0 Å². The second-order valence-corrected chi connectivity index (χ2v) is 7.03. The fourth-order valence-electron chi connectivity index (χ4n) is 3.38. The molecule has 1 fully saturated rings. The van der Waals surface area contributed by atoms with Gasteiger partial charge in [-0.1, -0.05) is 19.4 Å². The van der Waals surface area contributed by atoms with Crippen LogP contribution in [0.15, 0.2) is 29.6 Å². The van der Waals surface area contributed by atoms with E-state index in [0.29, 0.717) is 12.6 Å². The molecule has 9 heteroatoms. The molecule has 1 aliphatic carbocycles. The van der Waals surface area contributed by atoms with Crippen LogP contribution in [0.1, 0.15) is 50.4 Å². The van der Waals surface area contributed by atoms with Crippen LogP contribution < -0.4 is 15.4 Å². The van der Waals surface area contributed by atoms with E-state index in [1.54, 1.807) is 13.4 Å². The summed E-state index contributed by atoms with van der Waals surface area (Å²) >= 11 is 0. The summed E-state index contributed by atoms with van der Waals surface area (Å²) in [7, 11) is 1.77. The Labute approximate surface area is 190 Å². The number of aryl methyl sites for hydroxylation is 1. The number of nitrogens with zero attached hydrogens (tertiary/aromatic N) is 5. The van der Waals surface area contributed by atoms with Gasteiger partial charge >= 0.3 is 0 Å². The molecule has 2 heterocycles. The third-order valence-electron chi connectivity index (χ3n) is 4.98. The maximum atomic E-state index is 5.98. The molecule has 1 saturated carbocycles. The van der Waals surface area contributed by atoms with E-state index in [0.717, 1.165) is 55.6 Å². The normalized spacial score (nSPS) is 14.9. The molecule has 0 atom stereocenters. The van der Waals surface area contributed by atoms with Gasteiger partial charge < -0.3 is 19.9 Å². The van der Waals surface area contributed by atoms with Crippen molar-refractivity contribution in [1.82, 2.24) is 30.4 Å². The van der Waals surface area contributed by atoms with Crippen molar-refractivity contribution < 1.29 is 4.74 Å². The SMILES string of the molecule is CCc1nncn1CCNC(=NC)NCc1ccc(OC2CCCCC2)nc1.I. The van der Waals surface area contributed by atoms with E-state index in [1.807, 2.05) is 12.3 Å². The molecule has 0 radical (unpaired) electrons. The van der Waals surface area contributed by atoms with Gasteiger partial charge in [0.2, 0.25) is 5.88 Å². The molecule has 2 N–H and O–H groups in total. The fraction of sp³-hybridized carbons (Fsp3) is 0.600. The summed E-state index contributed by atoms with van der Waals surface area (Å²) in [6, 6.07) is 4.01. The smallest absolute Gasteiger partial charge is 0.213 e. The molecule has 2 aromatic heterocycles. The van der Waals surface area contributed by atoms with E-state index in [9.17, 15) is 0 Å². The summed E-state index contributed by atoms with van der Waals surface area (Å²) in [4.78, 5) is 8.72. The number of ether oxygens (including phenoxy) is 1. The van der Waals surface area contributed by atoms with E-state index < -0.39 is 0 Å². The van der Waals surface area contributed by atoms with Gasteiger partial charge in [-0.3, -0.25) is 4.99 Å². The van der Waals surface area contributed by atoms with Gasteiger partial charge in [-0.25, -0.2) is 4.98 Å². The third kappa shape index (κ3) is 7.45. The van der Waals surface area contributed by atoms with Crippen LogP contribution in [-0.2, 0) is 19.5 Å². The van der Waals surface area contributed by atoms with Gasteiger partial charge in [0, 0.05) is 45.4 Å². The second-order valence-electron chi connectivity index (χ2n) is 7.03. The highest BCUT2D eigenvalue weighted by Gasteiger charge is 2.15. The lowest BCUT2D eigenvalue weighted by atomic mass is 9.98. The lowest BCUT2D eigenvalue weighted by Crippen LogP contribution is -2.38. The molecular formula is C20H32IN7O. The molecule has 160 valence electrons. The highest BCUT2D eigenvalue weighted by molar-refractivity contribution is 14.0. The molecule has 0 saturated heterocycles. The Kier molecular flexibility index (Phi) is 10.2. The number of aromatic nitrogens is 4. The Balaban J connectivity index is 0.00000300. The second kappa shape index (κ2) is 12.6. The van der Waals surface area contributed by atoms with Crippen LogP contribution in [0.4, 0.5) is 0 Å². The van der Waals surface area contributed by atoms with E-state index in [4.69, 9.17) is 4.74 Å². The van der Waals surface area contributed by atoms with Crippen molar-refractivity contribution >= 4 is 29.9 Å². The zero-order valence-corrected chi connectivity index (χ0v) is 19.6. The molecule has 29 heavy (non-hydrogen) atoms. The zero-order chi connectivity index (χ0) is 19.6. The number of rotatable bonds is 8. The molecule has 0 spiro atoms. The van der Waals surface area contributed by atoms with Crippen molar-refractivity contribution in [3.63, 3.8) is 0 Å². The van der Waals surface area contributed by atoms with Crippen LogP contribution >= 0.6 is 24.0 Å². The van der Waals surface area contributed by atoms with Crippen molar-refractivity contribution in [1.29, 1.82) is 0 Å². The van der Waals surface area contributed by atoms with E-state index in [-0.39, 0.29) is 24.0 Å². The van der Waals surface area contributed by atoms with Crippen molar-refractivity contribution in [2.45, 2.75) is 64.6 Å². The zero-order valence-electron chi connectivity index (χ0n) is 17.3. The van der Waals surface area contributed by atoms with Gasteiger partial charge in [0.15, 0.2) is 5.96 Å². The lowest BCUT2D eigenvalue weighted by Gasteiger charge is -2.22. The molecule has 0 amide bonds. The van der Waals surface area contributed by atoms with Gasteiger partial charge in [0.25, 0.3) is 0 Å². The standard InChI is InChI=1S/C20H31N7O.HI/c1-3-18-26-25-15-27(18)12-11-22-20(21-2)24-14-16-9-10-19(23-13-16)28-17-7-5-4-6-8-17;/h9-10,13,15,17H,3-8,11-12,14H2,1-2H3,(H2,21,22,24);1H. The summed E-state index contributed by atoms with van der Waals surface area (Å²) in [5, 5.41) is 14.7. The maximum Gasteiger partial charge on any atom is 0.213 e. The molecule has 0 bridgehead atoms. The first-order valence-electron chi connectivity index (χ1n) is 10.2. The van der Waals surface area contributed by atoms with Gasteiger partial charge in [-0.05, 0) is 31.2 Å². The largest absolute Gasteiger partial charge is 0.474 e. The topological polar surface area (TPSA) is 89.2 Å². The summed E-state index contributed by atoms with van der Waals surface area (Å²) in [5.41, 5.74) is 1.09. The molecule has 0 aliphatic heterocycles. The Hall–Kier alpha value is -1.91. The van der Waals surface area contributed by atoms with Crippen LogP contribution in [0.3, 0.4) is 0 Å². The maximum absolute atomic E-state index is 5.98. The summed E-state index contributed by atoms with van der Waals surface area (Å²) in [5.74, 6) is 2.47. The summed E-state index contributed by atoms with van der Waals surface area (Å²) in [6.07, 6.45) is 11.0. The number of aliphatic imine (C=N–C) groups is 1. The van der Waals surface area contributed by atoms with Gasteiger partial charge in [-0.2, -0.15) is 0 Å². The Morgan fingerprint density at radius 2 is 2.07 bits per heavy atom. The molecule has 3 rings (SSSR count). The predicted octanol–water partition coefficient (Wildman–Crippen LogP) is 2.93. The first-order valence-corrected chi connectivity index (χ1v) is 10.2. The number of hydrogen-bond acceptors (Lipinski definition) is 5. The fourth-order valence-corrected chi connectivity index (χ4v) is 3.38. The molecule has 8 nitrogen and oxygen atoms in total. The predicted molar refractivity (Wildman–Crippen MR) is 125 cm³/mol. The lowest BCUT2D eigenvalue weighted by molar-refractivity contribution is 0.148. The van der Waals surface area contributed by atoms with Gasteiger partial charge in [0.1, 0.15) is 18.3 Å². The quantitative estimate of drug-likeness (QED) is 0.321. The van der Waals surface area contributed by atoms with Crippen molar-refractivity contribution in [3.8, 4) is 5.88 Å². The molecule has 2 aromatic rings. The Morgan fingerprint density at radius 3 is 2.76 bits per heavy atom. The number of halogens is 1. The van der Waals surface area contributed by atoms with E-state index in [1.165, 1.54) is 19.3 Å². The Morgan fingerprint density at radius 1 is 1.24 bits per heavy atom. The average molecular weight is 513 g/mol. The number of nitrogens with one attached hydrogen (secondary N) is 2. The van der Waals surface area contributed by atoms with E-state index in [2.05, 4.69) is 48.4 Å². The van der Waals surface area contributed by atoms with Crippen LogP contribution in [0.25, 0.3) is 0 Å². The monoisotopic (exact) mass is 513 g/mol. The van der Waals surface area contributed by atoms with Crippen LogP contribution in [0.2, 0.25) is 0 Å². The molecule has 0 unspecified atom stereocenters. The minimum absolute atomic E-state index is 0. The minimum Gasteiger partial charge on any atom is -0.474 e. The van der Waals surface area contributed by atoms with Gasteiger partial charge in [0.05, 0.1) is 0 Å². The van der Waals surface area contributed by atoms with E-state index >= 15 is 0 Å². The number of pyridine rings is 1.